The van der Waals surface area contributed by atoms with Gasteiger partial charge in [-0.1, -0.05) is 20.3 Å². The van der Waals surface area contributed by atoms with Crippen LogP contribution in [0.2, 0.25) is 0 Å². The SMILES string of the molecule is C[C@@H]1[C@@H]2CC[C@H]3[C@]4(C)CCC[C@](C)(C(=O)O[C@@H]5O[C@H](CO)[C@@H](O)[C@H](O)[C@H]5O)[C@H]4C[C@@H](O)[C@]3(C2)[C@@H]1O. The van der Waals surface area contributed by atoms with E-state index in [4.69, 9.17) is 9.47 Å². The number of rotatable bonds is 3. The molecule has 6 N–H and O–H groups in total. The lowest BCUT2D eigenvalue weighted by atomic mass is 9.40. The molecular formula is C26H42O9. The van der Waals surface area contributed by atoms with Crippen molar-refractivity contribution in [1.29, 1.82) is 0 Å². The van der Waals surface area contributed by atoms with Crippen LogP contribution in [0.1, 0.15) is 65.7 Å². The van der Waals surface area contributed by atoms with E-state index in [1.807, 2.05) is 6.92 Å². The zero-order chi connectivity index (χ0) is 25.5. The molecule has 0 unspecified atom stereocenters. The Labute approximate surface area is 206 Å². The van der Waals surface area contributed by atoms with Crippen LogP contribution >= 0.6 is 0 Å². The summed E-state index contributed by atoms with van der Waals surface area (Å²) in [5, 5.41) is 62.9. The fourth-order valence-electron chi connectivity index (χ4n) is 9.33. The van der Waals surface area contributed by atoms with Gasteiger partial charge >= 0.3 is 5.97 Å². The van der Waals surface area contributed by atoms with Gasteiger partial charge in [-0.2, -0.15) is 0 Å². The van der Waals surface area contributed by atoms with Crippen molar-refractivity contribution >= 4 is 5.97 Å². The van der Waals surface area contributed by atoms with E-state index in [0.717, 1.165) is 32.1 Å². The van der Waals surface area contributed by atoms with Crippen molar-refractivity contribution in [3.63, 3.8) is 0 Å². The highest BCUT2D eigenvalue weighted by molar-refractivity contribution is 5.77. The van der Waals surface area contributed by atoms with Crippen molar-refractivity contribution in [1.82, 2.24) is 0 Å². The molecule has 4 aliphatic carbocycles. The van der Waals surface area contributed by atoms with Crippen LogP contribution in [-0.2, 0) is 14.3 Å². The molecule has 9 heteroatoms. The van der Waals surface area contributed by atoms with E-state index < -0.39 is 66.3 Å². The van der Waals surface area contributed by atoms with Crippen molar-refractivity contribution in [3.05, 3.63) is 0 Å². The molecule has 9 nitrogen and oxygen atoms in total. The number of carbonyl (C=O) groups excluding carboxylic acids is 1. The Morgan fingerprint density at radius 1 is 1.00 bits per heavy atom. The Kier molecular flexibility index (Phi) is 6.35. The van der Waals surface area contributed by atoms with E-state index in [-0.39, 0.29) is 23.2 Å². The number of hydrogen-bond donors (Lipinski definition) is 6. The normalized spacial score (nSPS) is 57.8. The summed E-state index contributed by atoms with van der Waals surface area (Å²) >= 11 is 0. The highest BCUT2D eigenvalue weighted by Gasteiger charge is 2.71. The predicted octanol–water partition coefficient (Wildman–Crippen LogP) is 0.320. The Hall–Kier alpha value is -0.810. The van der Waals surface area contributed by atoms with Crippen LogP contribution in [0.5, 0.6) is 0 Å². The molecule has 1 heterocycles. The molecule has 35 heavy (non-hydrogen) atoms. The quantitative estimate of drug-likeness (QED) is 0.302. The third-order valence-corrected chi connectivity index (χ3v) is 11.3. The van der Waals surface area contributed by atoms with Gasteiger partial charge in [0.05, 0.1) is 24.2 Å². The van der Waals surface area contributed by atoms with Gasteiger partial charge in [0.2, 0.25) is 6.29 Å². The largest absolute Gasteiger partial charge is 0.432 e. The van der Waals surface area contributed by atoms with E-state index >= 15 is 0 Å². The number of fused-ring (bicyclic) bond motifs is 3. The van der Waals surface area contributed by atoms with Crippen LogP contribution in [0.4, 0.5) is 0 Å². The molecule has 1 saturated heterocycles. The Balaban J connectivity index is 1.42. The van der Waals surface area contributed by atoms with Crippen molar-refractivity contribution < 1.29 is 44.9 Å². The van der Waals surface area contributed by atoms with Gasteiger partial charge < -0.3 is 40.1 Å². The first-order valence-corrected chi connectivity index (χ1v) is 13.3. The van der Waals surface area contributed by atoms with Gasteiger partial charge in [-0.15, -0.1) is 0 Å². The summed E-state index contributed by atoms with van der Waals surface area (Å²) in [6.45, 7) is 5.56. The molecule has 14 atom stereocenters. The van der Waals surface area contributed by atoms with Crippen LogP contribution < -0.4 is 0 Å². The lowest BCUT2D eigenvalue weighted by Crippen LogP contribution is -2.66. The summed E-state index contributed by atoms with van der Waals surface area (Å²) in [5.74, 6) is -0.0934. The van der Waals surface area contributed by atoms with Crippen molar-refractivity contribution in [2.45, 2.75) is 109 Å². The second-order valence-electron chi connectivity index (χ2n) is 12.7. The minimum Gasteiger partial charge on any atom is -0.432 e. The third-order valence-electron chi connectivity index (χ3n) is 11.3. The molecule has 5 rings (SSSR count). The molecule has 0 aromatic carbocycles. The number of esters is 1. The second kappa shape index (κ2) is 8.61. The lowest BCUT2D eigenvalue weighted by molar-refractivity contribution is -0.299. The predicted molar refractivity (Wildman–Crippen MR) is 122 cm³/mol. The smallest absolute Gasteiger partial charge is 0.314 e. The van der Waals surface area contributed by atoms with E-state index in [2.05, 4.69) is 13.8 Å². The summed E-state index contributed by atoms with van der Waals surface area (Å²) in [6, 6.07) is 0. The maximum atomic E-state index is 13.7. The van der Waals surface area contributed by atoms with Gasteiger partial charge in [-0.3, -0.25) is 4.79 Å². The Morgan fingerprint density at radius 2 is 1.71 bits per heavy atom. The average molecular weight is 499 g/mol. The molecule has 0 aromatic rings. The first-order chi connectivity index (χ1) is 16.4. The summed E-state index contributed by atoms with van der Waals surface area (Å²) in [6.07, 6.45) is -3.33. The number of aliphatic hydroxyl groups excluding tert-OH is 6. The van der Waals surface area contributed by atoms with Crippen molar-refractivity contribution in [2.75, 3.05) is 6.61 Å². The lowest BCUT2D eigenvalue weighted by Gasteiger charge is -2.65. The maximum absolute atomic E-state index is 13.7. The Morgan fingerprint density at radius 3 is 2.40 bits per heavy atom. The van der Waals surface area contributed by atoms with Crippen molar-refractivity contribution in [3.8, 4) is 0 Å². The van der Waals surface area contributed by atoms with Crippen LogP contribution in [-0.4, -0.2) is 86.1 Å². The zero-order valence-electron chi connectivity index (χ0n) is 20.9. The first-order valence-electron chi connectivity index (χ1n) is 13.3. The molecule has 5 aliphatic rings. The van der Waals surface area contributed by atoms with Crippen LogP contribution in [0.25, 0.3) is 0 Å². The Bertz CT molecular complexity index is 836. The fraction of sp³-hybridized carbons (Fsp3) is 0.962. The van der Waals surface area contributed by atoms with E-state index in [1.165, 1.54) is 0 Å². The van der Waals surface area contributed by atoms with E-state index in [9.17, 15) is 35.4 Å². The molecule has 1 aliphatic heterocycles. The first kappa shape index (κ1) is 25.8. The molecule has 200 valence electrons. The third kappa shape index (κ3) is 3.42. The maximum Gasteiger partial charge on any atom is 0.314 e. The standard InChI is InChI=1S/C26H42O9/c1-12-13-5-6-15-24(2)7-4-8-25(3,16(24)9-17(28)26(15,10-13)21(12)32)23(33)35-22-20(31)19(30)18(29)14(11-27)34-22/h12-22,27-32H,4-11H2,1-3H3/t12-,13-,14-,15+,16+,17-,18-,19+,20-,21-,22+,24+,25+,26-/m1/s1. The van der Waals surface area contributed by atoms with Gasteiger partial charge in [-0.05, 0) is 74.5 Å². The molecule has 4 saturated carbocycles. The van der Waals surface area contributed by atoms with Gasteiger partial charge in [0.25, 0.3) is 0 Å². The summed E-state index contributed by atoms with van der Waals surface area (Å²) in [4.78, 5) is 13.7. The van der Waals surface area contributed by atoms with Crippen LogP contribution in [0.3, 0.4) is 0 Å². The number of ether oxygens (including phenoxy) is 2. The van der Waals surface area contributed by atoms with Gasteiger partial charge in [0, 0.05) is 5.41 Å². The molecule has 5 fully saturated rings. The molecule has 1 spiro atoms. The average Bonchev–Trinajstić information content (AvgIpc) is 3.02. The fourth-order valence-corrected chi connectivity index (χ4v) is 9.33. The number of carbonyl (C=O) groups is 1. The molecular weight excluding hydrogens is 456 g/mol. The minimum atomic E-state index is -1.65. The number of aliphatic hydroxyl groups is 6. The van der Waals surface area contributed by atoms with Crippen molar-refractivity contribution in [2.24, 2.45) is 39.9 Å². The second-order valence-corrected chi connectivity index (χ2v) is 12.7. The molecule has 2 bridgehead atoms. The number of hydrogen-bond acceptors (Lipinski definition) is 9. The molecule has 0 aromatic heterocycles. The van der Waals surface area contributed by atoms with Gasteiger partial charge in [0.1, 0.15) is 24.4 Å². The highest BCUT2D eigenvalue weighted by Crippen LogP contribution is 2.72. The minimum absolute atomic E-state index is 0.0969. The topological polar surface area (TPSA) is 157 Å². The molecule has 0 amide bonds. The zero-order valence-corrected chi connectivity index (χ0v) is 20.9. The summed E-state index contributed by atoms with van der Waals surface area (Å²) in [7, 11) is 0. The summed E-state index contributed by atoms with van der Waals surface area (Å²) in [5.41, 5.74) is -1.76. The molecule has 0 radical (unpaired) electrons. The highest BCUT2D eigenvalue weighted by atomic mass is 16.7. The van der Waals surface area contributed by atoms with E-state index in [0.29, 0.717) is 18.8 Å². The summed E-state index contributed by atoms with van der Waals surface area (Å²) < 4.78 is 11.1. The monoisotopic (exact) mass is 498 g/mol. The van der Waals surface area contributed by atoms with Gasteiger partial charge in [-0.25, -0.2) is 0 Å². The van der Waals surface area contributed by atoms with Crippen LogP contribution in [0, 0.1) is 39.9 Å². The van der Waals surface area contributed by atoms with Gasteiger partial charge in [0.15, 0.2) is 0 Å². The van der Waals surface area contributed by atoms with E-state index in [1.54, 1.807) is 0 Å². The van der Waals surface area contributed by atoms with Crippen LogP contribution in [0.15, 0.2) is 0 Å².